The second kappa shape index (κ2) is 5.55. The van der Waals surface area contributed by atoms with Crippen LogP contribution in [0.2, 0.25) is 0 Å². The summed E-state index contributed by atoms with van der Waals surface area (Å²) in [5, 5.41) is 0.781. The average Bonchev–Trinajstić information content (AvgIpc) is 2.39. The molecule has 4 nitrogen and oxygen atoms in total. The SMILES string of the molecule is O=C1CCC(F)(F)CN1NCc1ccc(C(F)(F)F)cn1. The first-order valence-corrected chi connectivity index (χ1v) is 6.11. The molecule has 1 saturated heterocycles. The maximum absolute atomic E-state index is 13.2. The number of hydrogen-bond donors (Lipinski definition) is 1. The van der Waals surface area contributed by atoms with Crippen LogP contribution in [0, 0.1) is 0 Å². The van der Waals surface area contributed by atoms with Gasteiger partial charge < -0.3 is 0 Å². The Balaban J connectivity index is 1.95. The van der Waals surface area contributed by atoms with Crippen molar-refractivity contribution >= 4 is 5.91 Å². The molecule has 21 heavy (non-hydrogen) atoms. The summed E-state index contributed by atoms with van der Waals surface area (Å²) in [6.45, 7) is -0.869. The molecule has 0 aromatic carbocycles. The van der Waals surface area contributed by atoms with Crippen LogP contribution in [0.1, 0.15) is 24.1 Å². The molecular formula is C12H12F5N3O. The van der Waals surface area contributed by atoms with E-state index in [0.717, 1.165) is 17.1 Å². The quantitative estimate of drug-likeness (QED) is 0.872. The van der Waals surface area contributed by atoms with Gasteiger partial charge in [0.05, 0.1) is 17.8 Å². The van der Waals surface area contributed by atoms with E-state index < -0.39 is 36.5 Å². The largest absolute Gasteiger partial charge is 0.417 e. The Morgan fingerprint density at radius 1 is 1.33 bits per heavy atom. The van der Waals surface area contributed by atoms with E-state index in [1.165, 1.54) is 0 Å². The summed E-state index contributed by atoms with van der Waals surface area (Å²) in [5.41, 5.74) is 1.78. The Hall–Kier alpha value is -1.77. The van der Waals surface area contributed by atoms with Gasteiger partial charge in [0, 0.05) is 19.0 Å². The van der Waals surface area contributed by atoms with Crippen LogP contribution in [0.25, 0.3) is 0 Å². The third-order valence-corrected chi connectivity index (χ3v) is 3.00. The Morgan fingerprint density at radius 3 is 2.62 bits per heavy atom. The summed E-state index contributed by atoms with van der Waals surface area (Å²) in [6, 6.07) is 1.97. The minimum absolute atomic E-state index is 0.111. The lowest BCUT2D eigenvalue weighted by molar-refractivity contribution is -0.152. The number of carbonyl (C=O) groups excluding carboxylic acids is 1. The van der Waals surface area contributed by atoms with Crippen LogP contribution in [0.3, 0.4) is 0 Å². The number of hydrazine groups is 1. The summed E-state index contributed by atoms with van der Waals surface area (Å²) in [6.07, 6.45) is -4.60. The van der Waals surface area contributed by atoms with Crippen molar-refractivity contribution in [2.45, 2.75) is 31.5 Å². The van der Waals surface area contributed by atoms with Crippen LogP contribution < -0.4 is 5.43 Å². The fraction of sp³-hybridized carbons (Fsp3) is 0.500. The third kappa shape index (κ3) is 4.10. The van der Waals surface area contributed by atoms with Crippen molar-refractivity contribution < 1.29 is 26.7 Å². The topological polar surface area (TPSA) is 45.2 Å². The van der Waals surface area contributed by atoms with Crippen molar-refractivity contribution in [2.75, 3.05) is 6.54 Å². The highest BCUT2D eigenvalue weighted by Crippen LogP contribution is 2.28. The highest BCUT2D eigenvalue weighted by atomic mass is 19.4. The van der Waals surface area contributed by atoms with Gasteiger partial charge in [0.2, 0.25) is 5.91 Å². The van der Waals surface area contributed by atoms with E-state index >= 15 is 0 Å². The maximum atomic E-state index is 13.2. The first kappa shape index (κ1) is 15.6. The van der Waals surface area contributed by atoms with Crippen LogP contribution in [0.4, 0.5) is 22.0 Å². The molecule has 2 heterocycles. The third-order valence-electron chi connectivity index (χ3n) is 3.00. The molecule has 0 spiro atoms. The van der Waals surface area contributed by atoms with Gasteiger partial charge in [-0.1, -0.05) is 0 Å². The minimum atomic E-state index is -4.48. The lowest BCUT2D eigenvalue weighted by atomic mass is 10.1. The van der Waals surface area contributed by atoms with Crippen molar-refractivity contribution in [3.8, 4) is 0 Å². The van der Waals surface area contributed by atoms with Gasteiger partial charge in [0.25, 0.3) is 5.92 Å². The van der Waals surface area contributed by atoms with Gasteiger partial charge in [-0.3, -0.25) is 14.8 Å². The molecule has 0 unspecified atom stereocenters. The molecule has 116 valence electrons. The first-order chi connectivity index (χ1) is 9.67. The van der Waals surface area contributed by atoms with E-state index in [-0.39, 0.29) is 18.7 Å². The number of halogens is 5. The van der Waals surface area contributed by atoms with Crippen molar-refractivity contribution in [2.24, 2.45) is 0 Å². The van der Waals surface area contributed by atoms with Gasteiger partial charge in [-0.2, -0.15) is 13.2 Å². The number of nitrogens with one attached hydrogen (secondary N) is 1. The fourth-order valence-electron chi connectivity index (χ4n) is 1.84. The second-order valence-electron chi connectivity index (χ2n) is 4.71. The number of piperidine rings is 1. The van der Waals surface area contributed by atoms with Crippen molar-refractivity contribution in [1.29, 1.82) is 0 Å². The summed E-state index contributed by atoms with van der Waals surface area (Å²) < 4.78 is 63.3. The molecule has 1 amide bonds. The maximum Gasteiger partial charge on any atom is 0.417 e. The number of carbonyl (C=O) groups is 1. The van der Waals surface area contributed by atoms with E-state index in [4.69, 9.17) is 0 Å². The Kier molecular flexibility index (Phi) is 4.13. The Labute approximate surface area is 116 Å². The second-order valence-corrected chi connectivity index (χ2v) is 4.71. The molecule has 1 N–H and O–H groups in total. The average molecular weight is 309 g/mol. The van der Waals surface area contributed by atoms with E-state index in [1.54, 1.807) is 0 Å². The van der Waals surface area contributed by atoms with E-state index in [1.807, 2.05) is 0 Å². The molecule has 0 bridgehead atoms. The Bertz CT molecular complexity index is 515. The smallest absolute Gasteiger partial charge is 0.273 e. The van der Waals surface area contributed by atoms with Gasteiger partial charge in [-0.05, 0) is 12.1 Å². The van der Waals surface area contributed by atoms with Crippen LogP contribution in [-0.2, 0) is 17.5 Å². The fourth-order valence-corrected chi connectivity index (χ4v) is 1.84. The summed E-state index contributed by atoms with van der Waals surface area (Å²) in [4.78, 5) is 15.0. The van der Waals surface area contributed by atoms with Crippen molar-refractivity contribution in [3.05, 3.63) is 29.6 Å². The number of amides is 1. The van der Waals surface area contributed by atoms with E-state index in [0.29, 0.717) is 6.20 Å². The number of alkyl halides is 5. The van der Waals surface area contributed by atoms with Crippen molar-refractivity contribution in [3.63, 3.8) is 0 Å². The highest BCUT2D eigenvalue weighted by molar-refractivity contribution is 5.76. The van der Waals surface area contributed by atoms with Crippen molar-refractivity contribution in [1.82, 2.24) is 15.4 Å². The zero-order valence-corrected chi connectivity index (χ0v) is 10.8. The van der Waals surface area contributed by atoms with Crippen LogP contribution in [-0.4, -0.2) is 28.4 Å². The van der Waals surface area contributed by atoms with Crippen LogP contribution in [0.5, 0.6) is 0 Å². The number of hydrogen-bond acceptors (Lipinski definition) is 3. The molecule has 0 aliphatic carbocycles. The van der Waals surface area contributed by atoms with Crippen LogP contribution >= 0.6 is 0 Å². The van der Waals surface area contributed by atoms with Gasteiger partial charge in [-0.15, -0.1) is 0 Å². The molecule has 1 aromatic heterocycles. The number of pyridine rings is 1. The van der Waals surface area contributed by atoms with Gasteiger partial charge in [0.15, 0.2) is 0 Å². The molecule has 0 atom stereocenters. The zero-order valence-electron chi connectivity index (χ0n) is 10.8. The lowest BCUT2D eigenvalue weighted by Crippen LogP contribution is -2.52. The molecule has 2 rings (SSSR count). The van der Waals surface area contributed by atoms with Gasteiger partial charge >= 0.3 is 6.18 Å². The predicted molar refractivity (Wildman–Crippen MR) is 62.0 cm³/mol. The number of aromatic nitrogens is 1. The minimum Gasteiger partial charge on any atom is -0.273 e. The zero-order chi connectivity index (χ0) is 15.7. The normalized spacial score (nSPS) is 18.9. The van der Waals surface area contributed by atoms with Gasteiger partial charge in [-0.25, -0.2) is 14.2 Å². The monoisotopic (exact) mass is 309 g/mol. The first-order valence-electron chi connectivity index (χ1n) is 6.11. The van der Waals surface area contributed by atoms with E-state index in [9.17, 15) is 26.7 Å². The van der Waals surface area contributed by atoms with Gasteiger partial charge in [0.1, 0.15) is 6.54 Å². The number of rotatable bonds is 3. The molecule has 1 aromatic rings. The Morgan fingerprint density at radius 2 is 2.05 bits per heavy atom. The standard InChI is InChI=1S/C12H12F5N3O/c13-11(14)4-3-10(21)20(7-11)19-6-9-2-1-8(5-18-9)12(15,16)17/h1-2,5,19H,3-4,6-7H2. The molecule has 0 saturated carbocycles. The molecule has 9 heteroatoms. The summed E-state index contributed by atoms with van der Waals surface area (Å²) in [5.74, 6) is -3.44. The van der Waals surface area contributed by atoms with Crippen LogP contribution in [0.15, 0.2) is 18.3 Å². The lowest BCUT2D eigenvalue weighted by Gasteiger charge is -2.32. The van der Waals surface area contributed by atoms with E-state index in [2.05, 4.69) is 10.4 Å². The molecule has 0 radical (unpaired) electrons. The molecule has 1 fully saturated rings. The summed E-state index contributed by atoms with van der Waals surface area (Å²) in [7, 11) is 0. The molecular weight excluding hydrogens is 297 g/mol. The molecule has 1 aliphatic heterocycles. The summed E-state index contributed by atoms with van der Waals surface area (Å²) >= 11 is 0. The highest BCUT2D eigenvalue weighted by Gasteiger charge is 2.39. The number of nitrogens with zero attached hydrogens (tertiary/aromatic N) is 2. The predicted octanol–water partition coefficient (Wildman–Crippen LogP) is 2.36. The molecule has 1 aliphatic rings.